The van der Waals surface area contributed by atoms with E-state index in [-0.39, 0.29) is 0 Å². The Balaban J connectivity index is 2.54. The monoisotopic (exact) mass is 191 g/mol. The van der Waals surface area contributed by atoms with Crippen molar-refractivity contribution >= 4 is 10.0 Å². The predicted octanol–water partition coefficient (Wildman–Crippen LogP) is 1.07. The van der Waals surface area contributed by atoms with Gasteiger partial charge in [0, 0.05) is 13.1 Å². The summed E-state index contributed by atoms with van der Waals surface area (Å²) in [6, 6.07) is 0. The molecule has 0 aromatic rings. The van der Waals surface area contributed by atoms with Gasteiger partial charge in [-0.15, -0.1) is 0 Å². The fourth-order valence-electron chi connectivity index (χ4n) is 1.30. The van der Waals surface area contributed by atoms with Gasteiger partial charge in [0.25, 0.3) is 0 Å². The molecule has 0 atom stereocenters. The van der Waals surface area contributed by atoms with E-state index in [2.05, 4.69) is 0 Å². The second kappa shape index (κ2) is 3.75. The predicted molar refractivity (Wildman–Crippen MR) is 49.4 cm³/mol. The van der Waals surface area contributed by atoms with Crippen LogP contribution in [-0.4, -0.2) is 31.6 Å². The summed E-state index contributed by atoms with van der Waals surface area (Å²) in [5.41, 5.74) is 0. The molecule has 0 aromatic carbocycles. The molecule has 0 amide bonds. The first-order chi connectivity index (χ1) is 5.60. The Morgan fingerprint density at radius 1 is 1.25 bits per heavy atom. The van der Waals surface area contributed by atoms with Gasteiger partial charge in [-0.05, 0) is 18.8 Å². The van der Waals surface area contributed by atoms with E-state index in [0.29, 0.717) is 24.8 Å². The van der Waals surface area contributed by atoms with Crippen molar-refractivity contribution in [1.29, 1.82) is 0 Å². The van der Waals surface area contributed by atoms with Gasteiger partial charge in [0.1, 0.15) is 0 Å². The number of rotatable bonds is 5. The molecular weight excluding hydrogens is 174 g/mol. The summed E-state index contributed by atoms with van der Waals surface area (Å²) >= 11 is 0. The Morgan fingerprint density at radius 2 is 1.75 bits per heavy atom. The molecule has 72 valence electrons. The zero-order valence-electron chi connectivity index (χ0n) is 7.78. The lowest BCUT2D eigenvalue weighted by atomic mass is 10.5. The average molecular weight is 191 g/mol. The summed E-state index contributed by atoms with van der Waals surface area (Å²) in [5.74, 6) is 0.824. The lowest BCUT2D eigenvalue weighted by Gasteiger charge is -2.17. The number of hydrogen-bond acceptors (Lipinski definition) is 2. The quantitative estimate of drug-likeness (QED) is 0.652. The Hall–Kier alpha value is -0.0900. The van der Waals surface area contributed by atoms with Crippen LogP contribution in [0.1, 0.15) is 26.7 Å². The first kappa shape index (κ1) is 9.99. The molecule has 1 saturated carbocycles. The molecule has 1 rings (SSSR count). The summed E-state index contributed by atoms with van der Waals surface area (Å²) in [7, 11) is -2.93. The minimum Gasteiger partial charge on any atom is -0.212 e. The fraction of sp³-hybridized carbons (Fsp3) is 1.00. The minimum absolute atomic E-state index is 0.370. The fourth-order valence-corrected chi connectivity index (χ4v) is 3.23. The van der Waals surface area contributed by atoms with Gasteiger partial charge in [-0.2, -0.15) is 0 Å². The summed E-state index contributed by atoms with van der Waals surface area (Å²) in [6.45, 7) is 4.97. The highest BCUT2D eigenvalue weighted by Gasteiger charge is 2.30. The van der Waals surface area contributed by atoms with Crippen LogP contribution in [0.5, 0.6) is 0 Å². The van der Waals surface area contributed by atoms with Gasteiger partial charge in [-0.3, -0.25) is 0 Å². The van der Waals surface area contributed by atoms with E-state index in [9.17, 15) is 8.42 Å². The van der Waals surface area contributed by atoms with Crippen molar-refractivity contribution < 1.29 is 8.42 Å². The minimum atomic E-state index is -2.93. The lowest BCUT2D eigenvalue weighted by molar-refractivity contribution is 0.443. The molecule has 0 aliphatic heterocycles. The molecule has 0 N–H and O–H groups in total. The lowest BCUT2D eigenvalue weighted by Crippen LogP contribution is -2.33. The van der Waals surface area contributed by atoms with Crippen molar-refractivity contribution in [1.82, 2.24) is 4.31 Å². The highest BCUT2D eigenvalue weighted by Crippen LogP contribution is 2.30. The molecule has 1 aliphatic rings. The van der Waals surface area contributed by atoms with Crippen molar-refractivity contribution in [2.24, 2.45) is 5.92 Å². The second-order valence-electron chi connectivity index (χ2n) is 3.31. The van der Waals surface area contributed by atoms with Crippen LogP contribution < -0.4 is 0 Å². The molecule has 4 heteroatoms. The Morgan fingerprint density at radius 3 is 2.08 bits per heavy atom. The molecule has 0 aromatic heterocycles. The average Bonchev–Trinajstić information content (AvgIpc) is 2.72. The van der Waals surface area contributed by atoms with Crippen molar-refractivity contribution in [2.45, 2.75) is 26.7 Å². The van der Waals surface area contributed by atoms with E-state index in [1.54, 1.807) is 4.31 Å². The molecule has 0 unspecified atom stereocenters. The highest BCUT2D eigenvalue weighted by molar-refractivity contribution is 7.89. The topological polar surface area (TPSA) is 37.4 Å². The van der Waals surface area contributed by atoms with Gasteiger partial charge < -0.3 is 0 Å². The third kappa shape index (κ3) is 2.45. The first-order valence-electron chi connectivity index (χ1n) is 4.58. The van der Waals surface area contributed by atoms with Crippen molar-refractivity contribution in [3.05, 3.63) is 0 Å². The number of hydrogen-bond donors (Lipinski definition) is 0. The van der Waals surface area contributed by atoms with Gasteiger partial charge in [-0.25, -0.2) is 12.7 Å². The van der Waals surface area contributed by atoms with Gasteiger partial charge in [0.05, 0.1) is 5.75 Å². The Bertz CT molecular complexity index is 227. The molecule has 0 spiro atoms. The van der Waals surface area contributed by atoms with Gasteiger partial charge in [-0.1, -0.05) is 13.8 Å². The smallest absolute Gasteiger partial charge is 0.212 e. The van der Waals surface area contributed by atoms with Crippen LogP contribution in [-0.2, 0) is 10.0 Å². The van der Waals surface area contributed by atoms with Gasteiger partial charge in [0.15, 0.2) is 0 Å². The summed E-state index contributed by atoms with van der Waals surface area (Å²) in [4.78, 5) is 0. The maximum atomic E-state index is 11.6. The van der Waals surface area contributed by atoms with Crippen LogP contribution >= 0.6 is 0 Å². The van der Waals surface area contributed by atoms with Crippen LogP contribution in [0, 0.1) is 5.92 Å². The van der Waals surface area contributed by atoms with E-state index in [4.69, 9.17) is 0 Å². The van der Waals surface area contributed by atoms with Crippen LogP contribution in [0.25, 0.3) is 0 Å². The van der Waals surface area contributed by atoms with Crippen LogP contribution in [0.2, 0.25) is 0 Å². The maximum absolute atomic E-state index is 11.6. The SMILES string of the molecule is CCN(CC)S(=O)(=O)CC1CC1. The van der Waals surface area contributed by atoms with E-state index >= 15 is 0 Å². The van der Waals surface area contributed by atoms with Crippen LogP contribution in [0.15, 0.2) is 0 Å². The Labute approximate surface area is 74.8 Å². The summed E-state index contributed by atoms with van der Waals surface area (Å²) in [5, 5.41) is 0. The molecular formula is C8H17NO2S. The Kier molecular flexibility index (Phi) is 3.12. The number of nitrogens with zero attached hydrogens (tertiary/aromatic N) is 1. The van der Waals surface area contributed by atoms with Crippen molar-refractivity contribution in [3.63, 3.8) is 0 Å². The van der Waals surface area contributed by atoms with Gasteiger partial charge >= 0.3 is 0 Å². The molecule has 0 heterocycles. The largest absolute Gasteiger partial charge is 0.214 e. The number of sulfonamides is 1. The molecule has 1 aliphatic carbocycles. The van der Waals surface area contributed by atoms with E-state index in [0.717, 1.165) is 12.8 Å². The molecule has 0 bridgehead atoms. The third-order valence-corrected chi connectivity index (χ3v) is 4.44. The molecule has 0 radical (unpaired) electrons. The highest BCUT2D eigenvalue weighted by atomic mass is 32.2. The van der Waals surface area contributed by atoms with E-state index in [1.165, 1.54) is 0 Å². The molecule has 1 fully saturated rings. The normalized spacial score (nSPS) is 18.6. The van der Waals surface area contributed by atoms with Crippen LogP contribution in [0.3, 0.4) is 0 Å². The summed E-state index contributed by atoms with van der Waals surface area (Å²) in [6.07, 6.45) is 2.20. The first-order valence-corrected chi connectivity index (χ1v) is 6.19. The molecule has 0 saturated heterocycles. The van der Waals surface area contributed by atoms with E-state index < -0.39 is 10.0 Å². The third-order valence-electron chi connectivity index (χ3n) is 2.24. The molecule has 3 nitrogen and oxygen atoms in total. The second-order valence-corrected chi connectivity index (χ2v) is 5.32. The van der Waals surface area contributed by atoms with Crippen molar-refractivity contribution in [2.75, 3.05) is 18.8 Å². The van der Waals surface area contributed by atoms with E-state index in [1.807, 2.05) is 13.8 Å². The van der Waals surface area contributed by atoms with Crippen molar-refractivity contribution in [3.8, 4) is 0 Å². The van der Waals surface area contributed by atoms with Crippen LogP contribution in [0.4, 0.5) is 0 Å². The molecule has 12 heavy (non-hydrogen) atoms. The maximum Gasteiger partial charge on any atom is 0.214 e. The van der Waals surface area contributed by atoms with Gasteiger partial charge in [0.2, 0.25) is 10.0 Å². The summed E-state index contributed by atoms with van der Waals surface area (Å²) < 4.78 is 24.7. The zero-order chi connectivity index (χ0) is 9.19. The standard InChI is InChI=1S/C8H17NO2S/c1-3-9(4-2)12(10,11)7-8-5-6-8/h8H,3-7H2,1-2H3. The zero-order valence-corrected chi connectivity index (χ0v) is 8.60.